The standard InChI is InChI=1S/C15H12B2O2/c16-13(11-7-3-1-4-8-11)15(17,14(18)19)12-9-5-2-6-10-12/h1-10,13H,(H,18,19). The molecule has 2 unspecified atom stereocenters. The lowest BCUT2D eigenvalue weighted by atomic mass is 9.49. The van der Waals surface area contributed by atoms with Crippen molar-refractivity contribution in [1.82, 2.24) is 0 Å². The average molecular weight is 246 g/mol. The molecule has 2 rings (SSSR count). The molecule has 0 fully saturated rings. The highest BCUT2D eigenvalue weighted by Gasteiger charge is 2.39. The van der Waals surface area contributed by atoms with Crippen LogP contribution < -0.4 is 0 Å². The van der Waals surface area contributed by atoms with Gasteiger partial charge in [0, 0.05) is 0 Å². The van der Waals surface area contributed by atoms with Gasteiger partial charge in [-0.2, -0.15) is 0 Å². The van der Waals surface area contributed by atoms with Crippen LogP contribution >= 0.6 is 0 Å². The highest BCUT2D eigenvalue weighted by Crippen LogP contribution is 2.34. The minimum Gasteiger partial charge on any atom is -0.481 e. The quantitative estimate of drug-likeness (QED) is 0.838. The number of hydrogen-bond acceptors (Lipinski definition) is 1. The molecular weight excluding hydrogens is 234 g/mol. The summed E-state index contributed by atoms with van der Waals surface area (Å²) < 4.78 is 0. The van der Waals surface area contributed by atoms with Crippen LogP contribution in [-0.2, 0) is 10.1 Å². The molecule has 0 bridgehead atoms. The first-order valence-corrected chi connectivity index (χ1v) is 5.95. The van der Waals surface area contributed by atoms with E-state index >= 15 is 0 Å². The summed E-state index contributed by atoms with van der Waals surface area (Å²) in [6.45, 7) is 0. The van der Waals surface area contributed by atoms with Crippen LogP contribution in [0.1, 0.15) is 16.9 Å². The highest BCUT2D eigenvalue weighted by atomic mass is 16.4. The van der Waals surface area contributed by atoms with Gasteiger partial charge in [0.1, 0.15) is 0 Å². The van der Waals surface area contributed by atoms with Gasteiger partial charge in [-0.3, -0.25) is 4.79 Å². The molecule has 0 spiro atoms. The number of carbonyl (C=O) groups is 1. The van der Waals surface area contributed by atoms with Gasteiger partial charge in [-0.15, -0.1) is 0 Å². The van der Waals surface area contributed by atoms with Crippen molar-refractivity contribution >= 4 is 21.7 Å². The highest BCUT2D eigenvalue weighted by molar-refractivity contribution is 6.33. The second kappa shape index (κ2) is 5.35. The van der Waals surface area contributed by atoms with Crippen molar-refractivity contribution in [2.75, 3.05) is 0 Å². The molecular formula is C15H12B2O2. The maximum absolute atomic E-state index is 11.6. The van der Waals surface area contributed by atoms with Gasteiger partial charge in [0.25, 0.3) is 0 Å². The van der Waals surface area contributed by atoms with Gasteiger partial charge in [-0.05, 0) is 11.4 Å². The third-order valence-electron chi connectivity index (χ3n) is 3.25. The monoisotopic (exact) mass is 246 g/mol. The topological polar surface area (TPSA) is 37.3 Å². The maximum atomic E-state index is 11.6. The number of carboxylic acid groups (broad SMARTS) is 1. The first-order chi connectivity index (χ1) is 9.06. The molecule has 2 nitrogen and oxygen atoms in total. The third-order valence-corrected chi connectivity index (χ3v) is 3.25. The zero-order valence-corrected chi connectivity index (χ0v) is 10.4. The molecule has 0 aromatic heterocycles. The predicted molar refractivity (Wildman–Crippen MR) is 76.4 cm³/mol. The summed E-state index contributed by atoms with van der Waals surface area (Å²) in [4.78, 5) is 11.6. The maximum Gasteiger partial charge on any atom is 0.304 e. The normalized spacial score (nSPS) is 15.4. The molecule has 2 atom stereocenters. The number of aliphatic carboxylic acids is 1. The van der Waals surface area contributed by atoms with Crippen molar-refractivity contribution in [2.24, 2.45) is 0 Å². The third kappa shape index (κ3) is 2.43. The Hall–Kier alpha value is -1.96. The first-order valence-electron chi connectivity index (χ1n) is 5.95. The molecule has 2 aromatic rings. The average Bonchev–Trinajstić information content (AvgIpc) is 2.47. The Morgan fingerprint density at radius 2 is 1.47 bits per heavy atom. The molecule has 0 saturated carbocycles. The Balaban J connectivity index is 2.49. The van der Waals surface area contributed by atoms with Crippen LogP contribution in [0.4, 0.5) is 0 Å². The Bertz CT molecular complexity index is 557. The van der Waals surface area contributed by atoms with Crippen molar-refractivity contribution in [3.63, 3.8) is 0 Å². The van der Waals surface area contributed by atoms with Crippen LogP contribution in [0.3, 0.4) is 0 Å². The van der Waals surface area contributed by atoms with Crippen molar-refractivity contribution in [3.05, 3.63) is 71.8 Å². The minimum absolute atomic E-state index is 0.485. The van der Waals surface area contributed by atoms with E-state index in [1.54, 1.807) is 42.5 Å². The van der Waals surface area contributed by atoms with Crippen LogP contribution in [0.2, 0.25) is 0 Å². The molecule has 4 heteroatoms. The summed E-state index contributed by atoms with van der Waals surface area (Å²) >= 11 is 0. The Morgan fingerprint density at radius 1 is 1.00 bits per heavy atom. The van der Waals surface area contributed by atoms with E-state index < -0.39 is 17.1 Å². The van der Waals surface area contributed by atoms with E-state index in [4.69, 9.17) is 15.7 Å². The molecule has 1 N–H and O–H groups in total. The van der Waals surface area contributed by atoms with Crippen LogP contribution in [0.15, 0.2) is 60.7 Å². The molecule has 90 valence electrons. The van der Waals surface area contributed by atoms with Gasteiger partial charge in [0.05, 0.1) is 21.0 Å². The Kier molecular flexibility index (Phi) is 3.79. The van der Waals surface area contributed by atoms with Crippen molar-refractivity contribution in [3.8, 4) is 0 Å². The van der Waals surface area contributed by atoms with Gasteiger partial charge in [-0.25, -0.2) is 0 Å². The lowest BCUT2D eigenvalue weighted by Gasteiger charge is -2.33. The molecule has 0 aliphatic heterocycles. The predicted octanol–water partition coefficient (Wildman–Crippen LogP) is 2.04. The fourth-order valence-electron chi connectivity index (χ4n) is 2.07. The fraction of sp³-hybridized carbons (Fsp3) is 0.133. The molecule has 0 aliphatic rings. The number of carboxylic acids is 1. The number of rotatable bonds is 4. The first kappa shape index (κ1) is 13.5. The van der Waals surface area contributed by atoms with E-state index in [0.717, 1.165) is 0 Å². The summed E-state index contributed by atoms with van der Waals surface area (Å²) in [7, 11) is 12.2. The van der Waals surface area contributed by atoms with Crippen LogP contribution in [0, 0.1) is 0 Å². The van der Waals surface area contributed by atoms with Crippen LogP contribution in [0.5, 0.6) is 0 Å². The minimum atomic E-state index is -1.65. The Labute approximate surface area is 115 Å². The summed E-state index contributed by atoms with van der Waals surface area (Å²) in [6.07, 6.45) is 0. The summed E-state index contributed by atoms with van der Waals surface area (Å²) in [5, 5.41) is 7.86. The zero-order valence-electron chi connectivity index (χ0n) is 10.4. The van der Waals surface area contributed by atoms with Crippen LogP contribution in [0.25, 0.3) is 0 Å². The SMILES string of the molecule is [B]C(c1ccccc1)C([B])(C(=O)O)c1ccccc1. The van der Waals surface area contributed by atoms with E-state index in [1.165, 1.54) is 0 Å². The van der Waals surface area contributed by atoms with Gasteiger partial charge in [0.2, 0.25) is 0 Å². The molecule has 2 aromatic carbocycles. The molecule has 0 heterocycles. The van der Waals surface area contributed by atoms with Crippen molar-refractivity contribution in [2.45, 2.75) is 11.1 Å². The van der Waals surface area contributed by atoms with E-state index in [1.807, 2.05) is 18.2 Å². The van der Waals surface area contributed by atoms with Crippen molar-refractivity contribution in [1.29, 1.82) is 0 Å². The zero-order chi connectivity index (χ0) is 13.9. The number of benzene rings is 2. The summed E-state index contributed by atoms with van der Waals surface area (Å²) in [5.41, 5.74) is 1.18. The Morgan fingerprint density at radius 3 is 1.95 bits per heavy atom. The van der Waals surface area contributed by atoms with Gasteiger partial charge in [0.15, 0.2) is 0 Å². The largest absolute Gasteiger partial charge is 0.481 e. The number of hydrogen-bond donors (Lipinski definition) is 1. The van der Waals surface area contributed by atoms with Gasteiger partial charge >= 0.3 is 5.97 Å². The van der Waals surface area contributed by atoms with E-state index in [0.29, 0.717) is 11.1 Å². The van der Waals surface area contributed by atoms with E-state index in [-0.39, 0.29) is 0 Å². The van der Waals surface area contributed by atoms with Gasteiger partial charge in [-0.1, -0.05) is 66.2 Å². The smallest absolute Gasteiger partial charge is 0.304 e. The molecule has 0 amide bonds. The molecule has 0 saturated heterocycles. The second-order valence-corrected chi connectivity index (χ2v) is 4.43. The molecule has 4 radical (unpaired) electrons. The van der Waals surface area contributed by atoms with Crippen molar-refractivity contribution < 1.29 is 9.90 Å². The second-order valence-electron chi connectivity index (χ2n) is 4.43. The van der Waals surface area contributed by atoms with Gasteiger partial charge < -0.3 is 5.11 Å². The van der Waals surface area contributed by atoms with E-state index in [2.05, 4.69) is 0 Å². The molecule has 0 aliphatic carbocycles. The van der Waals surface area contributed by atoms with E-state index in [9.17, 15) is 9.90 Å². The molecule has 19 heavy (non-hydrogen) atoms. The lowest BCUT2D eigenvalue weighted by molar-refractivity contribution is -0.140. The van der Waals surface area contributed by atoms with Crippen LogP contribution in [-0.4, -0.2) is 26.8 Å². The fourth-order valence-corrected chi connectivity index (χ4v) is 2.07. The summed E-state index contributed by atoms with van der Waals surface area (Å²) in [6, 6.07) is 17.7. The lowest BCUT2D eigenvalue weighted by Crippen LogP contribution is -2.42. The summed E-state index contributed by atoms with van der Waals surface area (Å²) in [5.74, 6) is -1.97.